The Morgan fingerprint density at radius 1 is 1.12 bits per heavy atom. The minimum absolute atomic E-state index is 0.0553. The number of hydrogen-bond acceptors (Lipinski definition) is 2. The molecule has 3 rings (SSSR count). The van der Waals surface area contributed by atoms with Crippen molar-refractivity contribution in [3.05, 3.63) is 76.1 Å². The first-order valence-corrected chi connectivity index (χ1v) is 7.40. The molecule has 0 saturated carbocycles. The monoisotopic (exact) mass is 328 g/mol. The van der Waals surface area contributed by atoms with Crippen LogP contribution in [0.2, 0.25) is 0 Å². The average molecular weight is 328 g/mol. The predicted molar refractivity (Wildman–Crippen MR) is 88.2 cm³/mol. The van der Waals surface area contributed by atoms with E-state index in [0.29, 0.717) is 11.9 Å². The molecule has 0 aliphatic heterocycles. The fourth-order valence-electron chi connectivity index (χ4n) is 2.54. The highest BCUT2D eigenvalue weighted by Gasteiger charge is 2.15. The first-order valence-electron chi connectivity index (χ1n) is 7.40. The van der Waals surface area contributed by atoms with E-state index < -0.39 is 23.0 Å². The highest BCUT2D eigenvalue weighted by molar-refractivity contribution is 6.05. The molecule has 1 heterocycles. The number of hydrogen-bond donors (Lipinski definition) is 1. The summed E-state index contributed by atoms with van der Waals surface area (Å²) >= 11 is 0. The van der Waals surface area contributed by atoms with Gasteiger partial charge in [0.25, 0.3) is 5.91 Å². The molecule has 1 aromatic heterocycles. The molecule has 1 N–H and O–H groups in total. The van der Waals surface area contributed by atoms with Crippen LogP contribution >= 0.6 is 0 Å². The van der Waals surface area contributed by atoms with Crippen LogP contribution in [0.25, 0.3) is 10.9 Å². The second-order valence-corrected chi connectivity index (χ2v) is 5.26. The third kappa shape index (κ3) is 2.78. The van der Waals surface area contributed by atoms with Gasteiger partial charge >= 0.3 is 0 Å². The number of nitrogens with one attached hydrogen (secondary N) is 1. The summed E-state index contributed by atoms with van der Waals surface area (Å²) in [5.74, 6) is -2.75. The summed E-state index contributed by atoms with van der Waals surface area (Å²) in [6.45, 7) is 2.47. The second kappa shape index (κ2) is 6.23. The minimum Gasteiger partial charge on any atom is -0.347 e. The number of fused-ring (bicyclic) bond motifs is 1. The van der Waals surface area contributed by atoms with Crippen LogP contribution < -0.4 is 10.7 Å². The molecule has 0 saturated heterocycles. The number of benzene rings is 2. The zero-order valence-corrected chi connectivity index (χ0v) is 12.8. The van der Waals surface area contributed by atoms with E-state index in [1.807, 2.05) is 13.0 Å². The second-order valence-electron chi connectivity index (χ2n) is 5.26. The van der Waals surface area contributed by atoms with Crippen molar-refractivity contribution in [3.8, 4) is 0 Å². The van der Waals surface area contributed by atoms with Gasteiger partial charge in [-0.1, -0.05) is 12.1 Å². The molecule has 3 aromatic rings. The van der Waals surface area contributed by atoms with E-state index in [9.17, 15) is 18.4 Å². The highest BCUT2D eigenvalue weighted by atomic mass is 19.2. The number of para-hydroxylation sites is 1. The summed E-state index contributed by atoms with van der Waals surface area (Å²) in [7, 11) is 0. The molecule has 0 atom stereocenters. The first-order chi connectivity index (χ1) is 11.5. The maximum absolute atomic E-state index is 13.2. The van der Waals surface area contributed by atoms with Crippen LogP contribution in [0.5, 0.6) is 0 Å². The van der Waals surface area contributed by atoms with E-state index in [0.717, 1.165) is 17.6 Å². The van der Waals surface area contributed by atoms with Gasteiger partial charge in [0.05, 0.1) is 5.52 Å². The van der Waals surface area contributed by atoms with Crippen molar-refractivity contribution >= 4 is 22.5 Å². The van der Waals surface area contributed by atoms with E-state index in [2.05, 4.69) is 5.32 Å². The Hall–Kier alpha value is -3.02. The molecular formula is C18H14F2N2O2. The normalized spacial score (nSPS) is 10.8. The minimum atomic E-state index is -1.07. The number of rotatable bonds is 3. The molecule has 0 fully saturated rings. The van der Waals surface area contributed by atoms with Crippen molar-refractivity contribution in [3.63, 3.8) is 0 Å². The number of carbonyl (C=O) groups excluding carboxylic acids is 1. The summed E-state index contributed by atoms with van der Waals surface area (Å²) < 4.78 is 28.0. The fraction of sp³-hybridized carbons (Fsp3) is 0.111. The lowest BCUT2D eigenvalue weighted by molar-refractivity contribution is 0.102. The zero-order chi connectivity index (χ0) is 17.3. The van der Waals surface area contributed by atoms with Gasteiger partial charge in [-0.15, -0.1) is 0 Å². The molecule has 1 amide bonds. The smallest absolute Gasteiger partial charge is 0.261 e. The third-order valence-electron chi connectivity index (χ3n) is 3.75. The number of halogens is 2. The van der Waals surface area contributed by atoms with Crippen LogP contribution in [0, 0.1) is 11.6 Å². The van der Waals surface area contributed by atoms with Crippen molar-refractivity contribution in [2.75, 3.05) is 5.32 Å². The van der Waals surface area contributed by atoms with Gasteiger partial charge in [0.1, 0.15) is 5.56 Å². The summed E-state index contributed by atoms with van der Waals surface area (Å²) in [6, 6.07) is 10.0. The lowest BCUT2D eigenvalue weighted by Gasteiger charge is -2.11. The molecule has 24 heavy (non-hydrogen) atoms. The molecule has 0 aliphatic carbocycles. The highest BCUT2D eigenvalue weighted by Crippen LogP contribution is 2.15. The molecule has 6 heteroatoms. The van der Waals surface area contributed by atoms with Crippen molar-refractivity contribution < 1.29 is 13.6 Å². The van der Waals surface area contributed by atoms with Crippen LogP contribution in [-0.4, -0.2) is 10.5 Å². The van der Waals surface area contributed by atoms with Crippen LogP contribution in [0.3, 0.4) is 0 Å². The standard InChI is InChI=1S/C18H14F2N2O2/c1-2-22-10-13(17(23)12-5-3-4-6-16(12)22)18(24)21-11-7-8-14(19)15(20)9-11/h3-10H,2H2,1H3,(H,21,24). The van der Waals surface area contributed by atoms with Crippen LogP contribution in [0.1, 0.15) is 17.3 Å². The largest absolute Gasteiger partial charge is 0.347 e. The van der Waals surface area contributed by atoms with Gasteiger partial charge in [0, 0.05) is 29.9 Å². The molecule has 2 aromatic carbocycles. The van der Waals surface area contributed by atoms with Gasteiger partial charge in [-0.3, -0.25) is 9.59 Å². The van der Waals surface area contributed by atoms with E-state index >= 15 is 0 Å². The summed E-state index contributed by atoms with van der Waals surface area (Å²) in [4.78, 5) is 24.9. The SMILES string of the molecule is CCn1cc(C(=O)Nc2ccc(F)c(F)c2)c(=O)c2ccccc21. The number of aryl methyl sites for hydroxylation is 1. The fourth-order valence-corrected chi connectivity index (χ4v) is 2.54. The maximum Gasteiger partial charge on any atom is 0.261 e. The van der Waals surface area contributed by atoms with Gasteiger partial charge in [-0.25, -0.2) is 8.78 Å². The summed E-state index contributed by atoms with van der Waals surface area (Å²) in [6.07, 6.45) is 1.47. The summed E-state index contributed by atoms with van der Waals surface area (Å²) in [5, 5.41) is 2.85. The Balaban J connectivity index is 2.05. The Morgan fingerprint density at radius 3 is 2.58 bits per heavy atom. The van der Waals surface area contributed by atoms with Crippen LogP contribution in [0.15, 0.2) is 53.5 Å². The van der Waals surface area contributed by atoms with Crippen molar-refractivity contribution in [2.45, 2.75) is 13.5 Å². The van der Waals surface area contributed by atoms with Gasteiger partial charge in [-0.05, 0) is 31.2 Å². The summed E-state index contributed by atoms with van der Waals surface area (Å²) in [5.41, 5.74) is 0.347. The van der Waals surface area contributed by atoms with Gasteiger partial charge in [0.2, 0.25) is 5.43 Å². The first kappa shape index (κ1) is 15.9. The number of anilines is 1. The molecule has 0 bridgehead atoms. The van der Waals surface area contributed by atoms with Crippen molar-refractivity contribution in [2.24, 2.45) is 0 Å². The van der Waals surface area contributed by atoms with Crippen LogP contribution in [-0.2, 0) is 6.54 Å². The lowest BCUT2D eigenvalue weighted by atomic mass is 10.1. The van der Waals surface area contributed by atoms with E-state index in [-0.39, 0.29) is 11.3 Å². The predicted octanol–water partition coefficient (Wildman–Crippen LogP) is 3.55. The number of amides is 1. The van der Waals surface area contributed by atoms with Gasteiger partial charge < -0.3 is 9.88 Å². The van der Waals surface area contributed by atoms with Gasteiger partial charge in [0.15, 0.2) is 11.6 Å². The Morgan fingerprint density at radius 2 is 1.88 bits per heavy atom. The number of nitrogens with zero attached hydrogens (tertiary/aromatic N) is 1. The van der Waals surface area contributed by atoms with Crippen LogP contribution in [0.4, 0.5) is 14.5 Å². The molecule has 0 unspecified atom stereocenters. The quantitative estimate of drug-likeness (QED) is 0.799. The van der Waals surface area contributed by atoms with Gasteiger partial charge in [-0.2, -0.15) is 0 Å². The Labute approximate surface area is 136 Å². The third-order valence-corrected chi connectivity index (χ3v) is 3.75. The number of pyridine rings is 1. The number of carbonyl (C=O) groups is 1. The van der Waals surface area contributed by atoms with E-state index in [4.69, 9.17) is 0 Å². The topological polar surface area (TPSA) is 51.1 Å². The molecular weight excluding hydrogens is 314 g/mol. The lowest BCUT2D eigenvalue weighted by Crippen LogP contribution is -2.23. The Kier molecular flexibility index (Phi) is 4.12. The van der Waals surface area contributed by atoms with E-state index in [1.54, 1.807) is 22.8 Å². The molecule has 4 nitrogen and oxygen atoms in total. The van der Waals surface area contributed by atoms with Crippen molar-refractivity contribution in [1.29, 1.82) is 0 Å². The zero-order valence-electron chi connectivity index (χ0n) is 12.8. The van der Waals surface area contributed by atoms with E-state index in [1.165, 1.54) is 12.3 Å². The molecule has 122 valence electrons. The molecule has 0 aliphatic rings. The molecule has 0 radical (unpaired) electrons. The maximum atomic E-state index is 13.2. The average Bonchev–Trinajstić information content (AvgIpc) is 2.58. The molecule has 0 spiro atoms. The van der Waals surface area contributed by atoms with Crippen molar-refractivity contribution in [1.82, 2.24) is 4.57 Å². The Bertz CT molecular complexity index is 996. The number of aromatic nitrogens is 1.